The zero-order chi connectivity index (χ0) is 17.4. The van der Waals surface area contributed by atoms with Gasteiger partial charge in [0.15, 0.2) is 0 Å². The van der Waals surface area contributed by atoms with Gasteiger partial charge >= 0.3 is 0 Å². The summed E-state index contributed by atoms with van der Waals surface area (Å²) in [4.78, 5) is 0.226. The third-order valence-electron chi connectivity index (χ3n) is 3.42. The van der Waals surface area contributed by atoms with Gasteiger partial charge in [-0.15, -0.1) is 0 Å². The highest BCUT2D eigenvalue weighted by Crippen LogP contribution is 2.24. The van der Waals surface area contributed by atoms with E-state index in [1.807, 2.05) is 0 Å². The van der Waals surface area contributed by atoms with Crippen molar-refractivity contribution >= 4 is 41.7 Å². The van der Waals surface area contributed by atoms with E-state index >= 15 is 0 Å². The Morgan fingerprint density at radius 1 is 0.875 bits per heavy atom. The van der Waals surface area contributed by atoms with Crippen molar-refractivity contribution in [1.82, 2.24) is 4.72 Å². The topological polar surface area (TPSA) is 92.3 Å². The maximum Gasteiger partial charge on any atom is 0.261 e. The maximum absolute atomic E-state index is 12.3. The second-order valence-corrected chi connectivity index (χ2v) is 9.79. The first kappa shape index (κ1) is 17.4. The van der Waals surface area contributed by atoms with Crippen LogP contribution in [0.25, 0.3) is 0 Å². The minimum Gasteiger partial charge on any atom is -0.280 e. The Kier molecular flexibility index (Phi) is 4.69. The van der Waals surface area contributed by atoms with Gasteiger partial charge in [-0.05, 0) is 55.3 Å². The summed E-state index contributed by atoms with van der Waals surface area (Å²) >= 11 is 3.23. The van der Waals surface area contributed by atoms with Crippen molar-refractivity contribution in [3.05, 3.63) is 53.0 Å². The van der Waals surface area contributed by atoms with Crippen LogP contribution in [0, 0.1) is 0 Å². The first-order chi connectivity index (χ1) is 11.3. The number of sulfonamides is 2. The molecule has 2 N–H and O–H groups in total. The fourth-order valence-corrected chi connectivity index (χ4v) is 5.00. The highest BCUT2D eigenvalue weighted by Gasteiger charge is 2.27. The Morgan fingerprint density at radius 2 is 1.54 bits per heavy atom. The van der Waals surface area contributed by atoms with Gasteiger partial charge < -0.3 is 0 Å². The second kappa shape index (κ2) is 6.47. The quantitative estimate of drug-likeness (QED) is 0.736. The van der Waals surface area contributed by atoms with Gasteiger partial charge in [0.2, 0.25) is 10.0 Å². The molecule has 0 unspecified atom stereocenters. The van der Waals surface area contributed by atoms with Crippen molar-refractivity contribution in [3.8, 4) is 0 Å². The summed E-state index contributed by atoms with van der Waals surface area (Å²) in [6.07, 6.45) is 1.70. The molecule has 0 radical (unpaired) electrons. The highest BCUT2D eigenvalue weighted by atomic mass is 79.9. The molecule has 1 fully saturated rings. The van der Waals surface area contributed by atoms with Crippen LogP contribution in [0.5, 0.6) is 0 Å². The van der Waals surface area contributed by atoms with Gasteiger partial charge in [0.05, 0.1) is 9.79 Å². The average Bonchev–Trinajstić information content (AvgIpc) is 3.31. The van der Waals surface area contributed by atoms with Gasteiger partial charge in [-0.2, -0.15) is 0 Å². The van der Waals surface area contributed by atoms with E-state index in [1.54, 1.807) is 12.1 Å². The predicted octanol–water partition coefficient (Wildman–Crippen LogP) is 2.69. The minimum absolute atomic E-state index is 0.0182. The fourth-order valence-electron chi connectivity index (χ4n) is 2.04. The van der Waals surface area contributed by atoms with E-state index in [4.69, 9.17) is 0 Å². The van der Waals surface area contributed by atoms with Crippen LogP contribution in [-0.4, -0.2) is 22.9 Å². The molecule has 0 saturated heterocycles. The molecule has 3 rings (SSSR count). The normalized spacial score (nSPS) is 15.2. The van der Waals surface area contributed by atoms with Gasteiger partial charge in [0.25, 0.3) is 10.0 Å². The molecule has 6 nitrogen and oxygen atoms in total. The van der Waals surface area contributed by atoms with E-state index in [2.05, 4.69) is 25.4 Å². The highest BCUT2D eigenvalue weighted by molar-refractivity contribution is 9.10. The van der Waals surface area contributed by atoms with E-state index in [9.17, 15) is 16.8 Å². The lowest BCUT2D eigenvalue weighted by atomic mass is 10.3. The Balaban J connectivity index is 1.78. The molecule has 2 aromatic carbocycles. The summed E-state index contributed by atoms with van der Waals surface area (Å²) in [7, 11) is -7.29. The third-order valence-corrected chi connectivity index (χ3v) is 6.83. The number of hydrogen-bond donors (Lipinski definition) is 2. The maximum atomic E-state index is 12.3. The number of hydrogen-bond acceptors (Lipinski definition) is 4. The fraction of sp³-hybridized carbons (Fsp3) is 0.200. The van der Waals surface area contributed by atoms with Crippen LogP contribution >= 0.6 is 15.9 Å². The molecule has 0 atom stereocenters. The van der Waals surface area contributed by atoms with Crippen LogP contribution < -0.4 is 9.44 Å². The lowest BCUT2D eigenvalue weighted by molar-refractivity contribution is 0.581. The average molecular weight is 431 g/mol. The van der Waals surface area contributed by atoms with Gasteiger partial charge in [-0.1, -0.05) is 22.0 Å². The van der Waals surface area contributed by atoms with Crippen molar-refractivity contribution in [3.63, 3.8) is 0 Å². The van der Waals surface area contributed by atoms with Gasteiger partial charge in [-0.3, -0.25) is 4.72 Å². The van der Waals surface area contributed by atoms with Gasteiger partial charge in [0, 0.05) is 16.2 Å². The monoisotopic (exact) mass is 430 g/mol. The molecule has 0 amide bonds. The number of nitrogens with one attached hydrogen (secondary N) is 2. The molecule has 24 heavy (non-hydrogen) atoms. The lowest BCUT2D eigenvalue weighted by Crippen LogP contribution is -2.25. The number of benzene rings is 2. The SMILES string of the molecule is O=S(=O)(Nc1ccc(S(=O)(=O)NC2CC2)cc1)c1cccc(Br)c1. The molecule has 2 aromatic rings. The number of anilines is 1. The van der Waals surface area contributed by atoms with E-state index in [0.717, 1.165) is 12.8 Å². The van der Waals surface area contributed by atoms with Crippen molar-refractivity contribution in [1.29, 1.82) is 0 Å². The van der Waals surface area contributed by atoms with Crippen LogP contribution in [0.1, 0.15) is 12.8 Å². The first-order valence-electron chi connectivity index (χ1n) is 7.17. The van der Waals surface area contributed by atoms with E-state index < -0.39 is 20.0 Å². The smallest absolute Gasteiger partial charge is 0.261 e. The molecule has 1 aliphatic carbocycles. The molecular weight excluding hydrogens is 416 g/mol. The standard InChI is InChI=1S/C15H15BrN2O4S2/c16-11-2-1-3-15(10-11)24(21,22)18-13-6-8-14(9-7-13)23(19,20)17-12-4-5-12/h1-3,6-10,12,17-18H,4-5H2. The summed E-state index contributed by atoms with van der Waals surface area (Å²) < 4.78 is 54.5. The second-order valence-electron chi connectivity index (χ2n) is 5.48. The van der Waals surface area contributed by atoms with Crippen LogP contribution in [0.4, 0.5) is 5.69 Å². The van der Waals surface area contributed by atoms with Crippen LogP contribution in [0.3, 0.4) is 0 Å². The van der Waals surface area contributed by atoms with Crippen molar-refractivity contribution in [2.45, 2.75) is 28.7 Å². The van der Waals surface area contributed by atoms with Crippen molar-refractivity contribution in [2.24, 2.45) is 0 Å². The predicted molar refractivity (Wildman–Crippen MR) is 94.7 cm³/mol. The molecule has 1 saturated carbocycles. The molecule has 0 heterocycles. The van der Waals surface area contributed by atoms with Gasteiger partial charge in [0.1, 0.15) is 0 Å². The lowest BCUT2D eigenvalue weighted by Gasteiger charge is -2.10. The van der Waals surface area contributed by atoms with Crippen LogP contribution in [0.15, 0.2) is 62.8 Å². The Morgan fingerprint density at radius 3 is 2.12 bits per heavy atom. The molecule has 0 aromatic heterocycles. The molecule has 128 valence electrons. The van der Waals surface area contributed by atoms with Crippen molar-refractivity contribution < 1.29 is 16.8 Å². The summed E-state index contributed by atoms with van der Waals surface area (Å²) in [6.45, 7) is 0. The summed E-state index contributed by atoms with van der Waals surface area (Å²) in [5, 5.41) is 0. The first-order valence-corrected chi connectivity index (χ1v) is 10.9. The third kappa shape index (κ3) is 4.15. The zero-order valence-electron chi connectivity index (χ0n) is 12.4. The Hall–Kier alpha value is -1.42. The van der Waals surface area contributed by atoms with E-state index in [0.29, 0.717) is 10.2 Å². The van der Waals surface area contributed by atoms with Crippen LogP contribution in [0.2, 0.25) is 0 Å². The number of halogens is 1. The molecule has 0 bridgehead atoms. The summed E-state index contributed by atoms with van der Waals surface area (Å²) in [5.41, 5.74) is 0.292. The van der Waals surface area contributed by atoms with E-state index in [-0.39, 0.29) is 15.8 Å². The Labute approximate surface area is 149 Å². The summed E-state index contributed by atoms with van der Waals surface area (Å²) in [5.74, 6) is 0. The van der Waals surface area contributed by atoms with E-state index in [1.165, 1.54) is 36.4 Å². The molecule has 0 aliphatic heterocycles. The molecule has 0 spiro atoms. The number of rotatable bonds is 6. The Bertz CT molecular complexity index is 953. The largest absolute Gasteiger partial charge is 0.280 e. The van der Waals surface area contributed by atoms with Gasteiger partial charge in [-0.25, -0.2) is 21.6 Å². The summed E-state index contributed by atoms with van der Waals surface area (Å²) in [6, 6.07) is 11.9. The molecule has 9 heteroatoms. The van der Waals surface area contributed by atoms with Crippen LogP contribution in [-0.2, 0) is 20.0 Å². The minimum atomic E-state index is -3.74. The molecule has 1 aliphatic rings. The molecular formula is C15H15BrN2O4S2. The van der Waals surface area contributed by atoms with Crippen molar-refractivity contribution in [2.75, 3.05) is 4.72 Å². The zero-order valence-corrected chi connectivity index (χ0v) is 15.7.